The molecule has 1 aliphatic heterocycles. The number of hydrogen-bond donors (Lipinski definition) is 1. The first-order valence-electron chi connectivity index (χ1n) is 20.1. The monoisotopic (exact) mass is 629 g/mol. The summed E-state index contributed by atoms with van der Waals surface area (Å²) in [6.07, 6.45) is 46.6. The molecule has 0 spiro atoms. The molecule has 1 atom stereocenters. The third-order valence-corrected chi connectivity index (χ3v) is 9.53. The van der Waals surface area contributed by atoms with Crippen molar-refractivity contribution >= 4 is 11.8 Å². The molecule has 0 unspecified atom stereocenters. The first-order valence-corrected chi connectivity index (χ1v) is 20.1. The van der Waals surface area contributed by atoms with Crippen molar-refractivity contribution < 1.29 is 9.59 Å². The molecule has 0 aromatic rings. The topological polar surface area (TPSA) is 49.4 Å². The van der Waals surface area contributed by atoms with Crippen molar-refractivity contribution in [2.75, 3.05) is 13.1 Å². The third-order valence-electron chi connectivity index (χ3n) is 9.53. The van der Waals surface area contributed by atoms with E-state index in [0.717, 1.165) is 45.1 Å². The van der Waals surface area contributed by atoms with Gasteiger partial charge in [0.25, 0.3) is 0 Å². The van der Waals surface area contributed by atoms with E-state index < -0.39 is 0 Å². The maximum absolute atomic E-state index is 12.9. The van der Waals surface area contributed by atoms with Crippen LogP contribution in [0.1, 0.15) is 206 Å². The summed E-state index contributed by atoms with van der Waals surface area (Å²) in [5.74, 6) is 0.224. The maximum atomic E-state index is 12.9. The zero-order valence-corrected chi connectivity index (χ0v) is 30.3. The van der Waals surface area contributed by atoms with E-state index in [1.165, 1.54) is 148 Å². The van der Waals surface area contributed by atoms with Crippen LogP contribution in [0.5, 0.6) is 0 Å². The standard InChI is InChI=1S/C41H76N2O2/c1-3-5-7-9-11-13-15-17-19-21-23-25-27-29-31-33-37-42-41(45)39-35-34-38-43(39)40(44)36-32-30-28-26-24-22-20-18-16-14-12-10-8-6-4-2/h10,12,29,31,39H,3-9,11,13-28,30,32-38H2,1-2H3,(H,42,45)/b12-10+,31-29+/t39-/m0/s1. The van der Waals surface area contributed by atoms with Crippen molar-refractivity contribution in [2.24, 2.45) is 0 Å². The quantitative estimate of drug-likeness (QED) is 0.0595. The maximum Gasteiger partial charge on any atom is 0.242 e. The van der Waals surface area contributed by atoms with E-state index in [0.29, 0.717) is 13.0 Å². The second-order valence-electron chi connectivity index (χ2n) is 13.8. The summed E-state index contributed by atoms with van der Waals surface area (Å²) >= 11 is 0. The summed E-state index contributed by atoms with van der Waals surface area (Å²) in [4.78, 5) is 27.5. The third kappa shape index (κ3) is 25.2. The molecular weight excluding hydrogens is 552 g/mol. The van der Waals surface area contributed by atoms with Crippen LogP contribution in [0.25, 0.3) is 0 Å². The van der Waals surface area contributed by atoms with Crippen molar-refractivity contribution in [2.45, 2.75) is 213 Å². The predicted molar refractivity (Wildman–Crippen MR) is 197 cm³/mol. The van der Waals surface area contributed by atoms with Crippen molar-refractivity contribution in [1.82, 2.24) is 10.2 Å². The highest BCUT2D eigenvalue weighted by Crippen LogP contribution is 2.20. The molecule has 0 aromatic heterocycles. The molecule has 0 bridgehead atoms. The summed E-state index contributed by atoms with van der Waals surface area (Å²) in [5, 5.41) is 3.09. The second-order valence-corrected chi connectivity index (χ2v) is 13.8. The second kappa shape index (κ2) is 32.4. The van der Waals surface area contributed by atoms with Gasteiger partial charge < -0.3 is 10.2 Å². The van der Waals surface area contributed by atoms with Crippen LogP contribution in [0.15, 0.2) is 24.3 Å². The zero-order chi connectivity index (χ0) is 32.5. The molecule has 1 saturated heterocycles. The molecule has 2 amide bonds. The Balaban J connectivity index is 1.96. The summed E-state index contributed by atoms with van der Waals surface area (Å²) < 4.78 is 0. The molecule has 1 heterocycles. The minimum atomic E-state index is -0.255. The Labute approximate surface area is 281 Å². The summed E-state index contributed by atoms with van der Waals surface area (Å²) in [6.45, 7) is 5.94. The van der Waals surface area contributed by atoms with Crippen molar-refractivity contribution in [3.63, 3.8) is 0 Å². The first kappa shape index (κ1) is 41.4. The SMILES string of the molecule is CCCC/C=C/CCCCCCCCCCCC(=O)N1CCC[C@H]1C(=O)NCC/C=C/CCCCCCCCCCCCCC. The van der Waals surface area contributed by atoms with Crippen LogP contribution in [0, 0.1) is 0 Å². The number of likely N-dealkylation sites (tertiary alicyclic amines) is 1. The largest absolute Gasteiger partial charge is 0.354 e. The van der Waals surface area contributed by atoms with Crippen LogP contribution in [-0.2, 0) is 9.59 Å². The van der Waals surface area contributed by atoms with Gasteiger partial charge in [0.1, 0.15) is 6.04 Å². The van der Waals surface area contributed by atoms with E-state index in [1.54, 1.807) is 0 Å². The Morgan fingerprint density at radius 3 is 1.49 bits per heavy atom. The summed E-state index contributed by atoms with van der Waals surface area (Å²) in [7, 11) is 0. The number of amides is 2. The lowest BCUT2D eigenvalue weighted by Gasteiger charge is -2.24. The number of carbonyl (C=O) groups is 2. The normalized spacial score (nSPS) is 15.2. The lowest BCUT2D eigenvalue weighted by atomic mass is 10.0. The highest BCUT2D eigenvalue weighted by Gasteiger charge is 2.33. The minimum Gasteiger partial charge on any atom is -0.354 e. The molecule has 4 heteroatoms. The molecule has 0 saturated carbocycles. The van der Waals surface area contributed by atoms with Crippen LogP contribution in [0.2, 0.25) is 0 Å². The van der Waals surface area contributed by atoms with E-state index in [-0.39, 0.29) is 17.9 Å². The molecule has 0 aromatic carbocycles. The van der Waals surface area contributed by atoms with Gasteiger partial charge in [-0.05, 0) is 57.8 Å². The van der Waals surface area contributed by atoms with Gasteiger partial charge in [-0.25, -0.2) is 0 Å². The molecule has 262 valence electrons. The van der Waals surface area contributed by atoms with Crippen LogP contribution in [0.4, 0.5) is 0 Å². The minimum absolute atomic E-state index is 0.0442. The fourth-order valence-electron chi connectivity index (χ4n) is 6.55. The highest BCUT2D eigenvalue weighted by atomic mass is 16.2. The van der Waals surface area contributed by atoms with Crippen molar-refractivity contribution in [3.8, 4) is 0 Å². The van der Waals surface area contributed by atoms with Crippen LogP contribution >= 0.6 is 0 Å². The molecule has 0 aliphatic carbocycles. The average Bonchev–Trinajstić information content (AvgIpc) is 3.55. The molecule has 1 N–H and O–H groups in total. The molecule has 1 rings (SSSR count). The van der Waals surface area contributed by atoms with E-state index in [9.17, 15) is 9.59 Å². The summed E-state index contributed by atoms with van der Waals surface area (Å²) in [5.41, 5.74) is 0. The van der Waals surface area contributed by atoms with Gasteiger partial charge in [0, 0.05) is 19.5 Å². The van der Waals surface area contributed by atoms with Crippen LogP contribution in [0.3, 0.4) is 0 Å². The molecular formula is C41H76N2O2. The van der Waals surface area contributed by atoms with Gasteiger partial charge in [-0.1, -0.05) is 167 Å². The number of nitrogens with one attached hydrogen (secondary N) is 1. The molecule has 1 aliphatic rings. The first-order chi connectivity index (χ1) is 22.2. The van der Waals surface area contributed by atoms with E-state index in [4.69, 9.17) is 0 Å². The Morgan fingerprint density at radius 1 is 0.556 bits per heavy atom. The van der Waals surface area contributed by atoms with Crippen LogP contribution in [-0.4, -0.2) is 35.8 Å². The van der Waals surface area contributed by atoms with Crippen molar-refractivity contribution in [3.05, 3.63) is 24.3 Å². The Kier molecular flexibility index (Phi) is 29.8. The Hall–Kier alpha value is -1.58. The number of unbranched alkanes of at least 4 members (excludes halogenated alkanes) is 23. The fourth-order valence-corrected chi connectivity index (χ4v) is 6.55. The number of carbonyl (C=O) groups excluding carboxylic acids is 2. The Bertz CT molecular complexity index is 731. The van der Waals surface area contributed by atoms with E-state index in [1.807, 2.05) is 4.90 Å². The number of nitrogens with zero attached hydrogens (tertiary/aromatic N) is 1. The van der Waals surface area contributed by atoms with Gasteiger partial charge in [-0.3, -0.25) is 9.59 Å². The zero-order valence-electron chi connectivity index (χ0n) is 30.3. The van der Waals surface area contributed by atoms with Gasteiger partial charge in [-0.15, -0.1) is 0 Å². The predicted octanol–water partition coefficient (Wildman–Crippen LogP) is 12.2. The number of rotatable bonds is 32. The smallest absolute Gasteiger partial charge is 0.242 e. The van der Waals surface area contributed by atoms with Crippen LogP contribution < -0.4 is 5.32 Å². The van der Waals surface area contributed by atoms with E-state index in [2.05, 4.69) is 43.5 Å². The summed E-state index contributed by atoms with van der Waals surface area (Å²) in [6, 6.07) is -0.255. The Morgan fingerprint density at radius 2 is 0.978 bits per heavy atom. The average molecular weight is 629 g/mol. The van der Waals surface area contributed by atoms with Gasteiger partial charge in [0.15, 0.2) is 0 Å². The van der Waals surface area contributed by atoms with Crippen molar-refractivity contribution in [1.29, 1.82) is 0 Å². The molecule has 45 heavy (non-hydrogen) atoms. The fraction of sp³-hybridized carbons (Fsp3) is 0.854. The lowest BCUT2D eigenvalue weighted by Crippen LogP contribution is -2.46. The number of allylic oxidation sites excluding steroid dienone is 3. The number of hydrogen-bond acceptors (Lipinski definition) is 2. The highest BCUT2D eigenvalue weighted by molar-refractivity contribution is 5.88. The van der Waals surface area contributed by atoms with Gasteiger partial charge >= 0.3 is 0 Å². The molecule has 0 radical (unpaired) electrons. The van der Waals surface area contributed by atoms with Gasteiger partial charge in [0.05, 0.1) is 0 Å². The van der Waals surface area contributed by atoms with E-state index >= 15 is 0 Å². The van der Waals surface area contributed by atoms with Gasteiger partial charge in [-0.2, -0.15) is 0 Å². The lowest BCUT2D eigenvalue weighted by molar-refractivity contribution is -0.138. The molecule has 1 fully saturated rings. The molecule has 4 nitrogen and oxygen atoms in total. The van der Waals surface area contributed by atoms with Gasteiger partial charge in [0.2, 0.25) is 11.8 Å².